The molecule has 0 fully saturated rings. The van der Waals surface area contributed by atoms with Crippen LogP contribution < -0.4 is 4.74 Å². The summed E-state index contributed by atoms with van der Waals surface area (Å²) in [4.78, 5) is 5.35. The molecule has 0 spiro atoms. The molecule has 128 valence electrons. The summed E-state index contributed by atoms with van der Waals surface area (Å²) < 4.78 is 5.89. The van der Waals surface area contributed by atoms with Gasteiger partial charge in [0.2, 0.25) is 0 Å². The highest BCUT2D eigenvalue weighted by Gasteiger charge is 2.03. The molecule has 0 atom stereocenters. The molecule has 0 aliphatic heterocycles. The van der Waals surface area contributed by atoms with E-state index in [0.29, 0.717) is 12.2 Å². The molecule has 0 amide bonds. The Hall–Kier alpha value is -3.58. The fourth-order valence-electron chi connectivity index (χ4n) is 2.41. The van der Waals surface area contributed by atoms with Gasteiger partial charge in [0.25, 0.3) is 0 Å². The first-order chi connectivity index (χ1) is 12.9. The lowest BCUT2D eigenvalue weighted by molar-refractivity contribution is 0.132. The number of ether oxygens (including phenoxy) is 1. The van der Waals surface area contributed by atoms with Crippen LogP contribution in [0.3, 0.4) is 0 Å². The molecule has 0 unspecified atom stereocenters. The van der Waals surface area contributed by atoms with Crippen molar-refractivity contribution < 1.29 is 9.57 Å². The van der Waals surface area contributed by atoms with Crippen LogP contribution in [0.4, 0.5) is 0 Å². The van der Waals surface area contributed by atoms with Crippen molar-refractivity contribution in [2.24, 2.45) is 5.16 Å². The van der Waals surface area contributed by atoms with Crippen molar-refractivity contribution in [1.29, 1.82) is 5.26 Å². The Bertz CT molecular complexity index is 915. The molecule has 0 aromatic heterocycles. The Morgan fingerprint density at radius 3 is 2.42 bits per heavy atom. The van der Waals surface area contributed by atoms with Crippen LogP contribution >= 0.6 is 0 Å². The quantitative estimate of drug-likeness (QED) is 0.462. The summed E-state index contributed by atoms with van der Waals surface area (Å²) in [6, 6.07) is 27.1. The first-order valence-electron chi connectivity index (χ1n) is 8.26. The Balaban J connectivity index is 1.61. The molecule has 3 aromatic carbocycles. The topological polar surface area (TPSA) is 54.6 Å². The van der Waals surface area contributed by atoms with E-state index in [-0.39, 0.29) is 6.61 Å². The van der Waals surface area contributed by atoms with Crippen LogP contribution in [0.25, 0.3) is 0 Å². The predicted molar refractivity (Wildman–Crippen MR) is 101 cm³/mol. The van der Waals surface area contributed by atoms with Crippen molar-refractivity contribution in [3.8, 4) is 11.8 Å². The lowest BCUT2D eigenvalue weighted by Crippen LogP contribution is -1.98. The maximum Gasteiger partial charge on any atom is 0.143 e. The second-order valence-electron chi connectivity index (χ2n) is 5.59. The minimum absolute atomic E-state index is 0.243. The average Bonchev–Trinajstić information content (AvgIpc) is 2.71. The van der Waals surface area contributed by atoms with Crippen LogP contribution in [0.15, 0.2) is 84.0 Å². The number of hydrogen-bond acceptors (Lipinski definition) is 4. The van der Waals surface area contributed by atoms with E-state index in [2.05, 4.69) is 11.2 Å². The first-order valence-corrected chi connectivity index (χ1v) is 8.26. The van der Waals surface area contributed by atoms with E-state index in [1.807, 2.05) is 72.8 Å². The van der Waals surface area contributed by atoms with Crippen LogP contribution in [0.5, 0.6) is 5.75 Å². The van der Waals surface area contributed by atoms with E-state index in [9.17, 15) is 0 Å². The van der Waals surface area contributed by atoms with E-state index in [1.54, 1.807) is 12.3 Å². The molecule has 0 aliphatic rings. The smallest absolute Gasteiger partial charge is 0.143 e. The molecule has 4 nitrogen and oxygen atoms in total. The third kappa shape index (κ3) is 4.71. The second-order valence-corrected chi connectivity index (χ2v) is 5.59. The zero-order valence-corrected chi connectivity index (χ0v) is 14.2. The Morgan fingerprint density at radius 2 is 1.58 bits per heavy atom. The van der Waals surface area contributed by atoms with Gasteiger partial charge < -0.3 is 9.57 Å². The summed E-state index contributed by atoms with van der Waals surface area (Å²) in [7, 11) is 0. The van der Waals surface area contributed by atoms with Crippen LogP contribution in [0, 0.1) is 11.3 Å². The summed E-state index contributed by atoms with van der Waals surface area (Å²) in [6.07, 6.45) is 1.62. The van der Waals surface area contributed by atoms with Gasteiger partial charge in [-0.3, -0.25) is 0 Å². The highest BCUT2D eigenvalue weighted by Crippen LogP contribution is 2.18. The largest absolute Gasteiger partial charge is 0.488 e. The predicted octanol–water partition coefficient (Wildman–Crippen LogP) is 4.69. The van der Waals surface area contributed by atoms with E-state index in [1.165, 1.54) is 0 Å². The zero-order chi connectivity index (χ0) is 18.0. The van der Waals surface area contributed by atoms with E-state index in [0.717, 1.165) is 22.4 Å². The molecular weight excluding hydrogens is 324 g/mol. The average molecular weight is 342 g/mol. The first kappa shape index (κ1) is 17.2. The van der Waals surface area contributed by atoms with Crippen molar-refractivity contribution in [2.45, 2.75) is 13.2 Å². The van der Waals surface area contributed by atoms with Crippen molar-refractivity contribution in [2.75, 3.05) is 0 Å². The number of nitriles is 1. The Kier molecular flexibility index (Phi) is 6.00. The van der Waals surface area contributed by atoms with E-state index in [4.69, 9.17) is 14.8 Å². The van der Waals surface area contributed by atoms with Gasteiger partial charge in [-0.1, -0.05) is 65.8 Å². The van der Waals surface area contributed by atoms with Gasteiger partial charge >= 0.3 is 0 Å². The molecular formula is C22H18N2O2. The van der Waals surface area contributed by atoms with Crippen LogP contribution in [0.2, 0.25) is 0 Å². The minimum atomic E-state index is 0.243. The fourth-order valence-corrected chi connectivity index (χ4v) is 2.41. The van der Waals surface area contributed by atoms with Gasteiger partial charge in [0.15, 0.2) is 0 Å². The molecule has 26 heavy (non-hydrogen) atoms. The summed E-state index contributed by atoms with van der Waals surface area (Å²) in [5, 5.41) is 13.1. The van der Waals surface area contributed by atoms with Gasteiger partial charge in [-0.25, -0.2) is 0 Å². The standard InChI is InChI=1S/C22H18N2O2/c23-14-19-10-4-5-12-21(19)17-26-24-15-20-11-6-7-13-22(20)25-16-18-8-2-1-3-9-18/h1-13,15H,16-17H2/b24-15-. The minimum Gasteiger partial charge on any atom is -0.488 e. The molecule has 0 saturated heterocycles. The molecule has 4 heteroatoms. The number of nitrogens with zero attached hydrogens (tertiary/aromatic N) is 2. The number of benzene rings is 3. The van der Waals surface area contributed by atoms with Crippen molar-refractivity contribution in [3.63, 3.8) is 0 Å². The lowest BCUT2D eigenvalue weighted by Gasteiger charge is -2.09. The zero-order valence-electron chi connectivity index (χ0n) is 14.2. The number of oxime groups is 1. The Morgan fingerprint density at radius 1 is 0.846 bits per heavy atom. The summed E-state index contributed by atoms with van der Waals surface area (Å²) in [5.74, 6) is 0.737. The van der Waals surface area contributed by atoms with Crippen molar-refractivity contribution >= 4 is 6.21 Å². The third-order valence-electron chi connectivity index (χ3n) is 3.78. The highest BCUT2D eigenvalue weighted by atomic mass is 16.6. The molecule has 0 aliphatic carbocycles. The van der Waals surface area contributed by atoms with Crippen LogP contribution in [0.1, 0.15) is 22.3 Å². The van der Waals surface area contributed by atoms with E-state index < -0.39 is 0 Å². The highest BCUT2D eigenvalue weighted by molar-refractivity contribution is 5.83. The summed E-state index contributed by atoms with van der Waals surface area (Å²) in [6.45, 7) is 0.732. The lowest BCUT2D eigenvalue weighted by atomic mass is 10.1. The monoisotopic (exact) mass is 342 g/mol. The molecule has 0 saturated carbocycles. The van der Waals surface area contributed by atoms with Gasteiger partial charge in [0, 0.05) is 11.1 Å². The van der Waals surface area contributed by atoms with E-state index >= 15 is 0 Å². The number of para-hydroxylation sites is 1. The molecule has 0 radical (unpaired) electrons. The third-order valence-corrected chi connectivity index (χ3v) is 3.78. The van der Waals surface area contributed by atoms with Crippen LogP contribution in [-0.4, -0.2) is 6.21 Å². The molecule has 3 aromatic rings. The number of hydrogen-bond donors (Lipinski definition) is 0. The molecule has 0 N–H and O–H groups in total. The van der Waals surface area contributed by atoms with Gasteiger partial charge in [-0.05, 0) is 23.8 Å². The van der Waals surface area contributed by atoms with Gasteiger partial charge in [0.05, 0.1) is 17.8 Å². The fraction of sp³-hybridized carbons (Fsp3) is 0.0909. The molecule has 0 heterocycles. The van der Waals surface area contributed by atoms with Gasteiger partial charge in [-0.2, -0.15) is 5.26 Å². The summed E-state index contributed by atoms with van der Waals surface area (Å²) in [5.41, 5.74) is 3.33. The van der Waals surface area contributed by atoms with Crippen molar-refractivity contribution in [1.82, 2.24) is 0 Å². The second kappa shape index (κ2) is 9.05. The summed E-state index contributed by atoms with van der Waals surface area (Å²) >= 11 is 0. The maximum atomic E-state index is 9.08. The Labute approximate surface area is 152 Å². The SMILES string of the molecule is N#Cc1ccccc1CO/N=C\c1ccccc1OCc1ccccc1. The maximum absolute atomic E-state index is 9.08. The normalized spacial score (nSPS) is 10.4. The van der Waals surface area contributed by atoms with Gasteiger partial charge in [0.1, 0.15) is 19.0 Å². The van der Waals surface area contributed by atoms with Crippen LogP contribution in [-0.2, 0) is 18.1 Å². The van der Waals surface area contributed by atoms with Crippen molar-refractivity contribution in [3.05, 3.63) is 101 Å². The molecule has 0 bridgehead atoms. The van der Waals surface area contributed by atoms with Gasteiger partial charge in [-0.15, -0.1) is 0 Å². The number of rotatable bonds is 7. The molecule has 3 rings (SSSR count).